The van der Waals surface area contributed by atoms with Crippen molar-refractivity contribution in [3.05, 3.63) is 30.1 Å². The summed E-state index contributed by atoms with van der Waals surface area (Å²) in [5, 5.41) is 0. The average molecular weight is 271 g/mol. The number of rotatable bonds is 4. The van der Waals surface area contributed by atoms with Crippen molar-refractivity contribution < 1.29 is 13.2 Å². The Balaban J connectivity index is 2.43. The second kappa shape index (κ2) is 5.21. The van der Waals surface area contributed by atoms with Crippen LogP contribution in [-0.4, -0.2) is 22.3 Å². The van der Waals surface area contributed by atoms with Crippen molar-refractivity contribution >= 4 is 11.0 Å². The van der Waals surface area contributed by atoms with Crippen molar-refractivity contribution in [3.63, 3.8) is 0 Å². The molecule has 0 bridgehead atoms. The number of para-hydroxylation sites is 2. The Morgan fingerprint density at radius 3 is 2.58 bits per heavy atom. The van der Waals surface area contributed by atoms with E-state index < -0.39 is 18.6 Å². The summed E-state index contributed by atoms with van der Waals surface area (Å²) in [6.07, 6.45) is -3.70. The van der Waals surface area contributed by atoms with Crippen LogP contribution in [0.3, 0.4) is 0 Å². The molecule has 0 aliphatic rings. The zero-order chi connectivity index (χ0) is 14.0. The lowest BCUT2D eigenvalue weighted by Crippen LogP contribution is -2.34. The van der Waals surface area contributed by atoms with Gasteiger partial charge in [-0.3, -0.25) is 0 Å². The number of aryl methyl sites for hydroxylation is 1. The quantitative estimate of drug-likeness (QED) is 0.929. The molecule has 1 unspecified atom stereocenters. The highest BCUT2D eigenvalue weighted by Gasteiger charge is 2.39. The lowest BCUT2D eigenvalue weighted by Gasteiger charge is -2.20. The Bertz CT molecular complexity index is 560. The molecule has 6 heteroatoms. The molecule has 2 aromatic rings. The van der Waals surface area contributed by atoms with Gasteiger partial charge in [-0.25, -0.2) is 4.98 Å². The van der Waals surface area contributed by atoms with Gasteiger partial charge in [-0.1, -0.05) is 19.1 Å². The summed E-state index contributed by atoms with van der Waals surface area (Å²) < 4.78 is 40.1. The molecular formula is C13H16F3N3. The van der Waals surface area contributed by atoms with Crippen LogP contribution in [0.4, 0.5) is 13.2 Å². The van der Waals surface area contributed by atoms with E-state index in [0.29, 0.717) is 12.2 Å². The van der Waals surface area contributed by atoms with Gasteiger partial charge in [-0.15, -0.1) is 0 Å². The molecule has 0 saturated heterocycles. The van der Waals surface area contributed by atoms with Crippen molar-refractivity contribution in [2.75, 3.05) is 6.54 Å². The van der Waals surface area contributed by atoms with Crippen LogP contribution in [0.2, 0.25) is 0 Å². The summed E-state index contributed by atoms with van der Waals surface area (Å²) >= 11 is 0. The van der Waals surface area contributed by atoms with Gasteiger partial charge in [0.15, 0.2) is 0 Å². The van der Waals surface area contributed by atoms with Crippen LogP contribution in [0.5, 0.6) is 0 Å². The van der Waals surface area contributed by atoms with E-state index >= 15 is 0 Å². The standard InChI is InChI=1S/C13H16F3N3/c1-2-12-18-10-5-3-4-6-11(10)19(12)8-9(7-17)13(14,15)16/h3-6,9H,2,7-8,17H2,1H3. The zero-order valence-corrected chi connectivity index (χ0v) is 10.6. The normalized spacial score (nSPS) is 13.9. The number of hydrogen-bond acceptors (Lipinski definition) is 2. The number of halogens is 3. The van der Waals surface area contributed by atoms with Gasteiger partial charge in [0.2, 0.25) is 0 Å². The van der Waals surface area contributed by atoms with E-state index in [4.69, 9.17) is 5.73 Å². The van der Waals surface area contributed by atoms with Crippen LogP contribution >= 0.6 is 0 Å². The first-order valence-electron chi connectivity index (χ1n) is 6.18. The summed E-state index contributed by atoms with van der Waals surface area (Å²) in [6, 6.07) is 7.20. The molecule has 1 heterocycles. The van der Waals surface area contributed by atoms with E-state index in [0.717, 1.165) is 11.0 Å². The molecule has 0 fully saturated rings. The summed E-state index contributed by atoms with van der Waals surface area (Å²) in [4.78, 5) is 4.36. The van der Waals surface area contributed by atoms with Crippen molar-refractivity contribution in [3.8, 4) is 0 Å². The molecule has 1 atom stereocenters. The van der Waals surface area contributed by atoms with E-state index in [-0.39, 0.29) is 6.54 Å². The van der Waals surface area contributed by atoms with E-state index in [1.807, 2.05) is 13.0 Å². The first kappa shape index (κ1) is 13.9. The molecule has 0 spiro atoms. The van der Waals surface area contributed by atoms with E-state index in [2.05, 4.69) is 4.98 Å². The van der Waals surface area contributed by atoms with Crippen molar-refractivity contribution in [1.29, 1.82) is 0 Å². The number of nitrogens with two attached hydrogens (primary N) is 1. The summed E-state index contributed by atoms with van der Waals surface area (Å²) in [5.74, 6) is -0.890. The summed E-state index contributed by atoms with van der Waals surface area (Å²) in [5.41, 5.74) is 6.70. The molecule has 0 aliphatic heterocycles. The number of alkyl halides is 3. The maximum atomic E-state index is 12.8. The molecule has 104 valence electrons. The molecule has 0 saturated carbocycles. The van der Waals surface area contributed by atoms with Crippen LogP contribution in [-0.2, 0) is 13.0 Å². The Hall–Kier alpha value is -1.56. The number of fused-ring (bicyclic) bond motifs is 1. The second-order valence-corrected chi connectivity index (χ2v) is 4.46. The van der Waals surface area contributed by atoms with E-state index in [1.54, 1.807) is 22.8 Å². The minimum atomic E-state index is -4.29. The third-order valence-corrected chi connectivity index (χ3v) is 3.20. The van der Waals surface area contributed by atoms with E-state index in [1.165, 1.54) is 0 Å². The van der Waals surface area contributed by atoms with Crippen LogP contribution < -0.4 is 5.73 Å². The lowest BCUT2D eigenvalue weighted by atomic mass is 10.1. The van der Waals surface area contributed by atoms with Gasteiger partial charge in [-0.2, -0.15) is 13.2 Å². The number of benzene rings is 1. The van der Waals surface area contributed by atoms with E-state index in [9.17, 15) is 13.2 Å². The first-order valence-corrected chi connectivity index (χ1v) is 6.18. The maximum Gasteiger partial charge on any atom is 0.394 e. The van der Waals surface area contributed by atoms with Crippen molar-refractivity contribution in [2.24, 2.45) is 11.7 Å². The minimum Gasteiger partial charge on any atom is -0.330 e. The number of imidazole rings is 1. The maximum absolute atomic E-state index is 12.8. The molecule has 2 N–H and O–H groups in total. The molecular weight excluding hydrogens is 255 g/mol. The predicted octanol–water partition coefficient (Wildman–Crippen LogP) is 2.74. The fourth-order valence-corrected chi connectivity index (χ4v) is 2.13. The van der Waals surface area contributed by atoms with Crippen LogP contribution in [0.1, 0.15) is 12.7 Å². The van der Waals surface area contributed by atoms with Crippen LogP contribution in [0, 0.1) is 5.92 Å². The summed E-state index contributed by atoms with van der Waals surface area (Å²) in [7, 11) is 0. The molecule has 3 nitrogen and oxygen atoms in total. The Morgan fingerprint density at radius 1 is 1.32 bits per heavy atom. The molecule has 1 aromatic heterocycles. The smallest absolute Gasteiger partial charge is 0.330 e. The third-order valence-electron chi connectivity index (χ3n) is 3.20. The van der Waals surface area contributed by atoms with Gasteiger partial charge in [0, 0.05) is 19.5 Å². The highest BCUT2D eigenvalue weighted by atomic mass is 19.4. The topological polar surface area (TPSA) is 43.8 Å². The summed E-state index contributed by atoms with van der Waals surface area (Å²) in [6.45, 7) is 1.28. The molecule has 0 aliphatic carbocycles. The molecule has 0 amide bonds. The van der Waals surface area contributed by atoms with Crippen molar-refractivity contribution in [1.82, 2.24) is 9.55 Å². The number of aromatic nitrogens is 2. The highest BCUT2D eigenvalue weighted by Crippen LogP contribution is 2.28. The second-order valence-electron chi connectivity index (χ2n) is 4.46. The Labute approximate surface area is 109 Å². The predicted molar refractivity (Wildman–Crippen MR) is 67.7 cm³/mol. The monoisotopic (exact) mass is 271 g/mol. The SMILES string of the molecule is CCc1nc2ccccc2n1CC(CN)C(F)(F)F. The van der Waals surface area contributed by atoms with Crippen LogP contribution in [0.25, 0.3) is 11.0 Å². The van der Waals surface area contributed by atoms with Crippen LogP contribution in [0.15, 0.2) is 24.3 Å². The number of nitrogens with zero attached hydrogens (tertiary/aromatic N) is 2. The number of hydrogen-bond donors (Lipinski definition) is 1. The van der Waals surface area contributed by atoms with Gasteiger partial charge >= 0.3 is 6.18 Å². The molecule has 0 radical (unpaired) electrons. The molecule has 19 heavy (non-hydrogen) atoms. The fourth-order valence-electron chi connectivity index (χ4n) is 2.13. The largest absolute Gasteiger partial charge is 0.394 e. The van der Waals surface area contributed by atoms with Gasteiger partial charge in [0.05, 0.1) is 17.0 Å². The zero-order valence-electron chi connectivity index (χ0n) is 10.6. The first-order chi connectivity index (χ1) is 8.97. The Morgan fingerprint density at radius 2 is 2.00 bits per heavy atom. The van der Waals surface area contributed by atoms with Gasteiger partial charge in [-0.05, 0) is 12.1 Å². The fraction of sp³-hybridized carbons (Fsp3) is 0.462. The average Bonchev–Trinajstić information content (AvgIpc) is 2.72. The van der Waals surface area contributed by atoms with Gasteiger partial charge < -0.3 is 10.3 Å². The van der Waals surface area contributed by atoms with Gasteiger partial charge in [0.25, 0.3) is 0 Å². The lowest BCUT2D eigenvalue weighted by molar-refractivity contribution is -0.175. The third kappa shape index (κ3) is 2.73. The Kier molecular flexibility index (Phi) is 3.80. The molecule has 1 aromatic carbocycles. The molecule has 2 rings (SSSR count). The highest BCUT2D eigenvalue weighted by molar-refractivity contribution is 5.75. The van der Waals surface area contributed by atoms with Crippen molar-refractivity contribution in [2.45, 2.75) is 26.1 Å². The minimum absolute atomic E-state index is 0.177. The van der Waals surface area contributed by atoms with Gasteiger partial charge in [0.1, 0.15) is 5.82 Å².